The topological polar surface area (TPSA) is 36.9 Å². The van der Waals surface area contributed by atoms with E-state index in [2.05, 4.69) is 20.7 Å². The lowest BCUT2D eigenvalue weighted by molar-refractivity contribution is 0.129. The van der Waals surface area contributed by atoms with Gasteiger partial charge in [0, 0.05) is 37.4 Å². The summed E-state index contributed by atoms with van der Waals surface area (Å²) in [6.45, 7) is 11.7. The largest absolute Gasteiger partial charge is 0.380 e. The molecule has 0 amide bonds. The van der Waals surface area contributed by atoms with E-state index in [1.54, 1.807) is 0 Å². The van der Waals surface area contributed by atoms with E-state index in [1.165, 1.54) is 32.2 Å². The highest BCUT2D eigenvalue weighted by Crippen LogP contribution is 2.31. The average molecular weight is 284 g/mol. The summed E-state index contributed by atoms with van der Waals surface area (Å²) in [7, 11) is 0. The van der Waals surface area contributed by atoms with Gasteiger partial charge in [-0.2, -0.15) is 0 Å². The summed E-state index contributed by atoms with van der Waals surface area (Å²) in [6, 6.07) is 8.99. The molecule has 2 heterocycles. The first-order valence-electron chi connectivity index (χ1n) is 7.99. The Kier molecular flexibility index (Phi) is 4.42. The fourth-order valence-electron chi connectivity index (χ4n) is 3.67. The molecule has 0 aromatic heterocycles. The number of para-hydroxylation sites is 2. The molecule has 1 aromatic rings. The third-order valence-electron chi connectivity index (χ3n) is 4.81. The van der Waals surface area contributed by atoms with Crippen molar-refractivity contribution in [2.45, 2.75) is 37.8 Å². The van der Waals surface area contributed by atoms with Crippen LogP contribution in [0.2, 0.25) is 0 Å². The van der Waals surface area contributed by atoms with Crippen LogP contribution >= 0.6 is 0 Å². The van der Waals surface area contributed by atoms with Crippen LogP contribution < -0.4 is 10.6 Å². The van der Waals surface area contributed by atoms with Crippen LogP contribution in [0.5, 0.6) is 0 Å². The van der Waals surface area contributed by atoms with Gasteiger partial charge in [0.05, 0.1) is 6.57 Å². The molecular formula is C17H24N4. The van der Waals surface area contributed by atoms with Crippen molar-refractivity contribution in [3.8, 4) is 0 Å². The van der Waals surface area contributed by atoms with Gasteiger partial charge in [-0.1, -0.05) is 18.2 Å². The fourth-order valence-corrected chi connectivity index (χ4v) is 3.67. The van der Waals surface area contributed by atoms with Gasteiger partial charge in [0.25, 0.3) is 0 Å². The molecule has 2 N–H and O–H groups in total. The summed E-state index contributed by atoms with van der Waals surface area (Å²) in [5.41, 5.74) is 7.98. The molecule has 2 fully saturated rings. The van der Waals surface area contributed by atoms with Gasteiger partial charge in [-0.05, 0) is 38.3 Å². The van der Waals surface area contributed by atoms with Crippen LogP contribution in [-0.4, -0.2) is 43.2 Å². The molecular weight excluding hydrogens is 260 g/mol. The van der Waals surface area contributed by atoms with E-state index in [0.29, 0.717) is 12.1 Å². The van der Waals surface area contributed by atoms with Gasteiger partial charge in [-0.15, -0.1) is 0 Å². The Bertz CT molecular complexity index is 514. The van der Waals surface area contributed by atoms with Crippen molar-refractivity contribution in [2.75, 3.05) is 31.1 Å². The molecule has 0 radical (unpaired) electrons. The maximum atomic E-state index is 7.30. The molecule has 0 spiro atoms. The SMILES string of the molecule is [C-]#[N+]c1ccccc1N1CCC(N2CCCC(N)C2)CC1. The van der Waals surface area contributed by atoms with Crippen molar-refractivity contribution in [3.63, 3.8) is 0 Å². The highest BCUT2D eigenvalue weighted by molar-refractivity contribution is 5.70. The minimum Gasteiger partial charge on any atom is -0.380 e. The van der Waals surface area contributed by atoms with E-state index in [9.17, 15) is 0 Å². The Hall–Kier alpha value is -1.57. The molecule has 1 aromatic carbocycles. The van der Waals surface area contributed by atoms with Crippen molar-refractivity contribution in [2.24, 2.45) is 5.73 Å². The number of nitrogens with zero attached hydrogens (tertiary/aromatic N) is 3. The lowest BCUT2D eigenvalue weighted by Gasteiger charge is -2.42. The molecule has 1 atom stereocenters. The molecule has 21 heavy (non-hydrogen) atoms. The number of piperidine rings is 2. The zero-order chi connectivity index (χ0) is 14.7. The van der Waals surface area contributed by atoms with E-state index in [0.717, 1.165) is 31.0 Å². The molecule has 2 aliphatic rings. The van der Waals surface area contributed by atoms with Crippen molar-refractivity contribution < 1.29 is 0 Å². The number of hydrogen-bond acceptors (Lipinski definition) is 3. The minimum atomic E-state index is 0.361. The lowest BCUT2D eigenvalue weighted by Crippen LogP contribution is -2.51. The molecule has 0 bridgehead atoms. The van der Waals surface area contributed by atoms with Gasteiger partial charge in [0.2, 0.25) is 5.69 Å². The maximum Gasteiger partial charge on any atom is 0.209 e. The first kappa shape index (κ1) is 14.4. The van der Waals surface area contributed by atoms with Crippen LogP contribution in [0.25, 0.3) is 4.85 Å². The van der Waals surface area contributed by atoms with Crippen molar-refractivity contribution in [1.82, 2.24) is 4.90 Å². The Morgan fingerprint density at radius 3 is 2.57 bits per heavy atom. The summed E-state index contributed by atoms with van der Waals surface area (Å²) in [5.74, 6) is 0. The highest BCUT2D eigenvalue weighted by Gasteiger charge is 2.28. The lowest BCUT2D eigenvalue weighted by atomic mass is 9.98. The van der Waals surface area contributed by atoms with Crippen LogP contribution in [-0.2, 0) is 0 Å². The zero-order valence-electron chi connectivity index (χ0n) is 12.5. The van der Waals surface area contributed by atoms with Crippen LogP contribution in [0.3, 0.4) is 0 Å². The normalized spacial score (nSPS) is 24.8. The Morgan fingerprint density at radius 1 is 1.10 bits per heavy atom. The number of hydrogen-bond donors (Lipinski definition) is 1. The number of benzene rings is 1. The molecule has 0 saturated carbocycles. The second-order valence-electron chi connectivity index (χ2n) is 6.22. The van der Waals surface area contributed by atoms with E-state index >= 15 is 0 Å². The minimum absolute atomic E-state index is 0.361. The maximum absolute atomic E-state index is 7.30. The molecule has 2 aliphatic heterocycles. The molecule has 2 saturated heterocycles. The Balaban J connectivity index is 1.61. The molecule has 4 heteroatoms. The van der Waals surface area contributed by atoms with Gasteiger partial charge < -0.3 is 10.6 Å². The van der Waals surface area contributed by atoms with E-state index < -0.39 is 0 Å². The van der Waals surface area contributed by atoms with Crippen LogP contribution in [0.4, 0.5) is 11.4 Å². The molecule has 4 nitrogen and oxygen atoms in total. The second-order valence-corrected chi connectivity index (χ2v) is 6.22. The van der Waals surface area contributed by atoms with Gasteiger partial charge in [0.15, 0.2) is 0 Å². The van der Waals surface area contributed by atoms with Gasteiger partial charge in [0.1, 0.15) is 0 Å². The second kappa shape index (κ2) is 6.46. The number of anilines is 1. The van der Waals surface area contributed by atoms with Crippen molar-refractivity contribution in [1.29, 1.82) is 0 Å². The smallest absolute Gasteiger partial charge is 0.209 e. The molecule has 112 valence electrons. The summed E-state index contributed by atoms with van der Waals surface area (Å²) in [4.78, 5) is 8.60. The van der Waals surface area contributed by atoms with Gasteiger partial charge in [-0.25, -0.2) is 4.85 Å². The first-order chi connectivity index (χ1) is 10.3. The average Bonchev–Trinajstić information content (AvgIpc) is 2.55. The Labute approximate surface area is 127 Å². The standard InChI is InChI=1S/C17H24N4/c1-19-16-6-2-3-7-17(16)20-11-8-15(9-12-20)21-10-4-5-14(18)13-21/h2-3,6-7,14-15H,4-5,8-13,18H2. The predicted octanol–water partition coefficient (Wildman–Crippen LogP) is 2.63. The number of rotatable bonds is 2. The zero-order valence-corrected chi connectivity index (χ0v) is 12.5. The summed E-state index contributed by atoms with van der Waals surface area (Å²) in [5, 5.41) is 0. The third-order valence-corrected chi connectivity index (χ3v) is 4.81. The van der Waals surface area contributed by atoms with Crippen LogP contribution in [0.1, 0.15) is 25.7 Å². The molecule has 1 unspecified atom stereocenters. The molecule has 3 rings (SSSR count). The predicted molar refractivity (Wildman–Crippen MR) is 86.7 cm³/mol. The summed E-state index contributed by atoms with van der Waals surface area (Å²) in [6.07, 6.45) is 4.77. The number of nitrogens with two attached hydrogens (primary N) is 1. The van der Waals surface area contributed by atoms with Crippen LogP contribution in [0, 0.1) is 6.57 Å². The Morgan fingerprint density at radius 2 is 1.86 bits per heavy atom. The van der Waals surface area contributed by atoms with E-state index in [4.69, 9.17) is 12.3 Å². The third kappa shape index (κ3) is 3.20. The van der Waals surface area contributed by atoms with Gasteiger partial charge >= 0.3 is 0 Å². The van der Waals surface area contributed by atoms with E-state index in [-0.39, 0.29) is 0 Å². The van der Waals surface area contributed by atoms with Crippen LogP contribution in [0.15, 0.2) is 24.3 Å². The quantitative estimate of drug-likeness (QED) is 0.848. The van der Waals surface area contributed by atoms with Crippen molar-refractivity contribution >= 4 is 11.4 Å². The van der Waals surface area contributed by atoms with Gasteiger partial charge in [-0.3, -0.25) is 4.90 Å². The summed E-state index contributed by atoms with van der Waals surface area (Å²) >= 11 is 0. The summed E-state index contributed by atoms with van der Waals surface area (Å²) < 4.78 is 0. The monoisotopic (exact) mass is 284 g/mol. The first-order valence-corrected chi connectivity index (χ1v) is 7.99. The number of likely N-dealkylation sites (tertiary alicyclic amines) is 1. The van der Waals surface area contributed by atoms with Crippen molar-refractivity contribution in [3.05, 3.63) is 35.7 Å². The molecule has 0 aliphatic carbocycles. The fraction of sp³-hybridized carbons (Fsp3) is 0.588. The van der Waals surface area contributed by atoms with E-state index in [1.807, 2.05) is 18.2 Å². The highest BCUT2D eigenvalue weighted by atomic mass is 15.2.